The molecule has 29 heavy (non-hydrogen) atoms. The first-order valence-electron chi connectivity index (χ1n) is 9.90. The third-order valence-corrected chi connectivity index (χ3v) is 5.00. The number of urea groups is 1. The molecule has 2 aromatic rings. The molecule has 3 amide bonds. The minimum Gasteiger partial charge on any atom is -0.492 e. The van der Waals surface area contributed by atoms with Gasteiger partial charge in [0.25, 0.3) is 0 Å². The van der Waals surface area contributed by atoms with Crippen molar-refractivity contribution in [3.8, 4) is 5.75 Å². The molecule has 0 bridgehead atoms. The van der Waals surface area contributed by atoms with Gasteiger partial charge in [0.15, 0.2) is 0 Å². The van der Waals surface area contributed by atoms with E-state index < -0.39 is 12.1 Å². The molecule has 0 aliphatic carbocycles. The highest BCUT2D eigenvalue weighted by Gasteiger charge is 2.28. The standard InChI is InChI=1S/C22H28N4O3/c23-22(28)24-20(17-18-7-3-1-4-8-18)21(27)26-13-11-25(12-14-26)15-16-29-19-9-5-2-6-10-19/h1-10,20H,11-17H2,(H3,23,24,28). The van der Waals surface area contributed by atoms with E-state index in [-0.39, 0.29) is 5.91 Å². The van der Waals surface area contributed by atoms with E-state index in [1.165, 1.54) is 0 Å². The average Bonchev–Trinajstić information content (AvgIpc) is 2.74. The Morgan fingerprint density at radius 2 is 1.59 bits per heavy atom. The zero-order valence-electron chi connectivity index (χ0n) is 16.5. The maximum absolute atomic E-state index is 13.0. The van der Waals surface area contributed by atoms with Crippen LogP contribution in [0.15, 0.2) is 60.7 Å². The number of nitrogens with two attached hydrogens (primary N) is 1. The molecule has 154 valence electrons. The van der Waals surface area contributed by atoms with Crippen molar-refractivity contribution in [3.63, 3.8) is 0 Å². The van der Waals surface area contributed by atoms with Gasteiger partial charge in [-0.2, -0.15) is 0 Å². The number of piperazine rings is 1. The van der Waals surface area contributed by atoms with Crippen molar-refractivity contribution >= 4 is 11.9 Å². The summed E-state index contributed by atoms with van der Waals surface area (Å²) in [6.45, 7) is 4.21. The summed E-state index contributed by atoms with van der Waals surface area (Å²) in [5.74, 6) is 0.774. The van der Waals surface area contributed by atoms with Crippen LogP contribution in [0, 0.1) is 0 Å². The molecule has 3 N–H and O–H groups in total. The second kappa shape index (κ2) is 10.5. The number of para-hydroxylation sites is 1. The summed E-state index contributed by atoms with van der Waals surface area (Å²) >= 11 is 0. The van der Waals surface area contributed by atoms with Gasteiger partial charge in [0.2, 0.25) is 5.91 Å². The minimum absolute atomic E-state index is 0.0900. The van der Waals surface area contributed by atoms with Gasteiger partial charge in [-0.3, -0.25) is 9.69 Å². The van der Waals surface area contributed by atoms with Gasteiger partial charge in [0.05, 0.1) is 0 Å². The van der Waals surface area contributed by atoms with Gasteiger partial charge in [-0.05, 0) is 17.7 Å². The molecule has 1 fully saturated rings. The van der Waals surface area contributed by atoms with E-state index in [1.807, 2.05) is 60.7 Å². The van der Waals surface area contributed by atoms with Crippen LogP contribution in [0.2, 0.25) is 0 Å². The molecule has 2 aromatic carbocycles. The fourth-order valence-corrected chi connectivity index (χ4v) is 3.44. The maximum atomic E-state index is 13.0. The number of ether oxygens (including phenoxy) is 1. The van der Waals surface area contributed by atoms with Crippen LogP contribution in [-0.4, -0.2) is 67.1 Å². The number of carbonyl (C=O) groups is 2. The number of benzene rings is 2. The molecule has 1 atom stereocenters. The number of nitrogens with one attached hydrogen (secondary N) is 1. The lowest BCUT2D eigenvalue weighted by Gasteiger charge is -2.36. The smallest absolute Gasteiger partial charge is 0.312 e. The Kier molecular flexibility index (Phi) is 7.47. The molecule has 1 heterocycles. The van der Waals surface area contributed by atoms with Crippen molar-refractivity contribution in [1.29, 1.82) is 0 Å². The average molecular weight is 396 g/mol. The summed E-state index contributed by atoms with van der Waals surface area (Å²) in [7, 11) is 0. The van der Waals surface area contributed by atoms with Gasteiger partial charge in [0, 0.05) is 39.1 Å². The summed E-state index contributed by atoms with van der Waals surface area (Å²) in [5.41, 5.74) is 6.28. The molecule has 0 radical (unpaired) electrons. The molecule has 1 unspecified atom stereocenters. The fourth-order valence-electron chi connectivity index (χ4n) is 3.44. The van der Waals surface area contributed by atoms with Crippen LogP contribution in [-0.2, 0) is 11.2 Å². The van der Waals surface area contributed by atoms with Crippen LogP contribution >= 0.6 is 0 Å². The van der Waals surface area contributed by atoms with Crippen molar-refractivity contribution in [2.45, 2.75) is 12.5 Å². The summed E-state index contributed by atoms with van der Waals surface area (Å²) in [4.78, 5) is 28.4. The molecule has 0 spiro atoms. The zero-order chi connectivity index (χ0) is 20.5. The van der Waals surface area contributed by atoms with Crippen molar-refractivity contribution in [3.05, 3.63) is 66.2 Å². The molecule has 1 aliphatic rings. The topological polar surface area (TPSA) is 87.9 Å². The van der Waals surface area contributed by atoms with Crippen LogP contribution < -0.4 is 15.8 Å². The highest BCUT2D eigenvalue weighted by Crippen LogP contribution is 2.11. The third-order valence-electron chi connectivity index (χ3n) is 5.00. The SMILES string of the molecule is NC(=O)NC(Cc1ccccc1)C(=O)N1CCN(CCOc2ccccc2)CC1. The fraction of sp³-hybridized carbons (Fsp3) is 0.364. The van der Waals surface area contributed by atoms with Crippen LogP contribution in [0.4, 0.5) is 4.79 Å². The summed E-state index contributed by atoms with van der Waals surface area (Å²) < 4.78 is 5.75. The number of nitrogens with zero attached hydrogens (tertiary/aromatic N) is 2. The minimum atomic E-state index is -0.684. The monoisotopic (exact) mass is 396 g/mol. The number of rotatable bonds is 8. The van der Waals surface area contributed by atoms with Gasteiger partial charge in [0.1, 0.15) is 18.4 Å². The summed E-state index contributed by atoms with van der Waals surface area (Å²) in [6.07, 6.45) is 0.424. The van der Waals surface area contributed by atoms with Crippen molar-refractivity contribution in [2.24, 2.45) is 5.73 Å². The number of carbonyl (C=O) groups excluding carboxylic acids is 2. The molecular weight excluding hydrogens is 368 g/mol. The van der Waals surface area contributed by atoms with Crippen LogP contribution in [0.3, 0.4) is 0 Å². The van der Waals surface area contributed by atoms with E-state index in [1.54, 1.807) is 4.90 Å². The molecule has 7 nitrogen and oxygen atoms in total. The van der Waals surface area contributed by atoms with Gasteiger partial charge in [-0.25, -0.2) is 4.79 Å². The van der Waals surface area contributed by atoms with Gasteiger partial charge in [-0.1, -0.05) is 48.5 Å². The van der Waals surface area contributed by atoms with Gasteiger partial charge in [-0.15, -0.1) is 0 Å². The van der Waals surface area contributed by atoms with Crippen LogP contribution in [0.1, 0.15) is 5.56 Å². The van der Waals surface area contributed by atoms with Crippen molar-refractivity contribution in [1.82, 2.24) is 15.1 Å². The highest BCUT2D eigenvalue weighted by atomic mass is 16.5. The van der Waals surface area contributed by atoms with Crippen LogP contribution in [0.25, 0.3) is 0 Å². The zero-order valence-corrected chi connectivity index (χ0v) is 16.5. The Morgan fingerprint density at radius 1 is 0.966 bits per heavy atom. The molecule has 1 saturated heterocycles. The predicted octanol–water partition coefficient (Wildman–Crippen LogP) is 1.49. The summed E-state index contributed by atoms with van der Waals surface area (Å²) in [6, 6.07) is 18.0. The highest BCUT2D eigenvalue weighted by molar-refractivity contribution is 5.87. The van der Waals surface area contributed by atoms with E-state index in [4.69, 9.17) is 10.5 Å². The molecule has 3 rings (SSSR count). The first-order chi connectivity index (χ1) is 14.1. The molecule has 1 aliphatic heterocycles. The third kappa shape index (κ3) is 6.50. The number of primary amides is 1. The largest absolute Gasteiger partial charge is 0.492 e. The van der Waals surface area contributed by atoms with E-state index in [0.29, 0.717) is 26.1 Å². The lowest BCUT2D eigenvalue weighted by molar-refractivity contribution is -0.135. The van der Waals surface area contributed by atoms with Gasteiger partial charge >= 0.3 is 6.03 Å². The number of hydrogen-bond donors (Lipinski definition) is 2. The van der Waals surface area contributed by atoms with E-state index in [9.17, 15) is 9.59 Å². The van der Waals surface area contributed by atoms with Crippen molar-refractivity contribution in [2.75, 3.05) is 39.3 Å². The van der Waals surface area contributed by atoms with Crippen molar-refractivity contribution < 1.29 is 14.3 Å². The molecule has 0 aromatic heterocycles. The Bertz CT molecular complexity index is 777. The number of hydrogen-bond acceptors (Lipinski definition) is 4. The molecule has 7 heteroatoms. The second-order valence-corrected chi connectivity index (χ2v) is 7.08. The normalized spacial score (nSPS) is 15.5. The first-order valence-corrected chi connectivity index (χ1v) is 9.90. The second-order valence-electron chi connectivity index (χ2n) is 7.08. The molecule has 0 saturated carbocycles. The lowest BCUT2D eigenvalue weighted by Crippen LogP contribution is -2.56. The summed E-state index contributed by atoms with van der Waals surface area (Å²) in [5, 5.41) is 2.60. The van der Waals surface area contributed by atoms with Gasteiger partial charge < -0.3 is 20.7 Å². The Balaban J connectivity index is 1.47. The molecular formula is C22H28N4O3. The Hall–Kier alpha value is -3.06. The van der Waals surface area contributed by atoms with E-state index in [0.717, 1.165) is 30.9 Å². The first kappa shape index (κ1) is 20.7. The Labute approximate surface area is 171 Å². The quantitative estimate of drug-likeness (QED) is 0.708. The van der Waals surface area contributed by atoms with Crippen LogP contribution in [0.5, 0.6) is 5.75 Å². The van der Waals surface area contributed by atoms with E-state index in [2.05, 4.69) is 10.2 Å². The van der Waals surface area contributed by atoms with E-state index >= 15 is 0 Å². The Morgan fingerprint density at radius 3 is 2.21 bits per heavy atom. The lowest BCUT2D eigenvalue weighted by atomic mass is 10.0. The maximum Gasteiger partial charge on any atom is 0.312 e. The predicted molar refractivity (Wildman–Crippen MR) is 112 cm³/mol. The number of amides is 3.